The van der Waals surface area contributed by atoms with Gasteiger partial charge in [-0.25, -0.2) is 4.79 Å². The molecular weight excluding hydrogens is 387 g/mol. The Morgan fingerprint density at radius 3 is 2.33 bits per heavy atom. The minimum atomic E-state index is -4.65. The molecule has 2 fully saturated rings. The summed E-state index contributed by atoms with van der Waals surface area (Å²) >= 11 is 0.176. The Labute approximate surface area is 154 Å². The molecule has 1 saturated carbocycles. The molecule has 2 heterocycles. The molecule has 2 aliphatic carbocycles. The van der Waals surface area contributed by atoms with E-state index in [-0.39, 0.29) is 40.1 Å². The number of allylic oxidation sites excluding steroid dienone is 2. The molecule has 144 valence electrons. The number of nitrogens with one attached hydrogen (secondary N) is 2. The molecule has 8 nitrogen and oxygen atoms in total. The van der Waals surface area contributed by atoms with Crippen LogP contribution in [0.15, 0.2) is 12.2 Å². The van der Waals surface area contributed by atoms with Gasteiger partial charge >= 0.3 is 12.2 Å². The summed E-state index contributed by atoms with van der Waals surface area (Å²) in [6.07, 6.45) is -0.884. The highest BCUT2D eigenvalue weighted by Gasteiger charge is 2.60. The van der Waals surface area contributed by atoms with Crippen molar-refractivity contribution in [1.82, 2.24) is 20.4 Å². The zero-order valence-electron chi connectivity index (χ0n) is 13.9. The maximum atomic E-state index is 12.6. The molecule has 0 radical (unpaired) electrons. The van der Waals surface area contributed by atoms with Crippen LogP contribution in [0.4, 0.5) is 23.1 Å². The zero-order valence-corrected chi connectivity index (χ0v) is 14.7. The summed E-state index contributed by atoms with van der Waals surface area (Å²) in [6.45, 7) is 1.47. The van der Waals surface area contributed by atoms with E-state index in [1.54, 1.807) is 0 Å². The second-order valence-electron chi connectivity index (χ2n) is 6.73. The molecule has 12 heteroatoms. The van der Waals surface area contributed by atoms with Crippen LogP contribution in [0.2, 0.25) is 0 Å². The minimum absolute atomic E-state index is 0.0460. The van der Waals surface area contributed by atoms with Crippen molar-refractivity contribution >= 4 is 34.3 Å². The van der Waals surface area contributed by atoms with Crippen LogP contribution in [0.25, 0.3) is 0 Å². The third-order valence-electron chi connectivity index (χ3n) is 5.12. The number of carbonyl (C=O) groups excluding carboxylic acids is 3. The molecular formula is C15H14F3N5O3S. The normalized spacial score (nSPS) is 30.0. The van der Waals surface area contributed by atoms with Crippen LogP contribution in [0.5, 0.6) is 0 Å². The van der Waals surface area contributed by atoms with Gasteiger partial charge in [0, 0.05) is 0 Å². The van der Waals surface area contributed by atoms with Gasteiger partial charge in [-0.3, -0.25) is 19.8 Å². The Hall–Kier alpha value is -2.50. The van der Waals surface area contributed by atoms with Gasteiger partial charge in [-0.05, 0) is 25.2 Å². The monoisotopic (exact) mass is 401 g/mol. The lowest BCUT2D eigenvalue weighted by Crippen LogP contribution is -2.51. The van der Waals surface area contributed by atoms with E-state index >= 15 is 0 Å². The number of carbonyl (C=O) groups is 3. The van der Waals surface area contributed by atoms with Crippen LogP contribution in [0.1, 0.15) is 18.4 Å². The first kappa shape index (κ1) is 17.9. The fraction of sp³-hybridized carbons (Fsp3) is 0.533. The van der Waals surface area contributed by atoms with E-state index in [0.29, 0.717) is 0 Å². The summed E-state index contributed by atoms with van der Waals surface area (Å²) < 4.78 is 37.5. The summed E-state index contributed by atoms with van der Waals surface area (Å²) in [5.41, 5.74) is 0. The summed E-state index contributed by atoms with van der Waals surface area (Å²) in [4.78, 5) is 38.3. The predicted molar refractivity (Wildman–Crippen MR) is 86.1 cm³/mol. The van der Waals surface area contributed by atoms with E-state index in [9.17, 15) is 27.6 Å². The number of halogens is 3. The third-order valence-corrected chi connectivity index (χ3v) is 6.00. The number of urea groups is 1. The number of fused-ring (bicyclic) bond motifs is 5. The molecule has 1 saturated heterocycles. The van der Waals surface area contributed by atoms with E-state index in [2.05, 4.69) is 20.8 Å². The van der Waals surface area contributed by atoms with Gasteiger partial charge in [0.05, 0.1) is 11.8 Å². The number of alkyl halides is 3. The molecule has 2 bridgehead atoms. The summed E-state index contributed by atoms with van der Waals surface area (Å²) in [5, 5.41) is 9.20. The van der Waals surface area contributed by atoms with Crippen molar-refractivity contribution in [1.29, 1.82) is 0 Å². The highest BCUT2D eigenvalue weighted by atomic mass is 32.1. The lowest BCUT2D eigenvalue weighted by molar-refractivity contribution is -0.143. The molecule has 4 rings (SSSR count). The van der Waals surface area contributed by atoms with Crippen molar-refractivity contribution in [3.63, 3.8) is 0 Å². The Bertz CT molecular complexity index is 824. The van der Waals surface area contributed by atoms with Gasteiger partial charge < -0.3 is 5.32 Å². The zero-order chi connectivity index (χ0) is 19.5. The molecule has 2 N–H and O–H groups in total. The summed E-state index contributed by atoms with van der Waals surface area (Å²) in [6, 6.07) is -0.883. The van der Waals surface area contributed by atoms with E-state index in [4.69, 9.17) is 0 Å². The number of hydrogen-bond donors (Lipinski definition) is 2. The molecule has 4 amide bonds. The summed E-state index contributed by atoms with van der Waals surface area (Å²) in [7, 11) is 0. The summed E-state index contributed by atoms with van der Waals surface area (Å²) in [5.74, 6) is -1.35. The van der Waals surface area contributed by atoms with Gasteiger partial charge in [0.15, 0.2) is 0 Å². The number of amides is 4. The molecule has 1 aliphatic heterocycles. The highest BCUT2D eigenvalue weighted by molar-refractivity contribution is 7.15. The van der Waals surface area contributed by atoms with Crippen LogP contribution in [0.3, 0.4) is 0 Å². The number of aromatic nitrogens is 2. The van der Waals surface area contributed by atoms with Crippen LogP contribution in [0, 0.1) is 23.7 Å². The van der Waals surface area contributed by atoms with Gasteiger partial charge in [0.1, 0.15) is 6.17 Å². The number of anilines is 1. The molecule has 1 aromatic rings. The molecule has 1 aromatic heterocycles. The topological polar surface area (TPSA) is 104 Å². The number of likely N-dealkylation sites (tertiary alicyclic amines) is 1. The van der Waals surface area contributed by atoms with Crippen molar-refractivity contribution < 1.29 is 27.6 Å². The largest absolute Gasteiger partial charge is 0.445 e. The second kappa shape index (κ2) is 6.01. The number of nitrogens with zero attached hydrogens (tertiary/aromatic N) is 3. The van der Waals surface area contributed by atoms with Gasteiger partial charge in [0.25, 0.3) is 0 Å². The maximum Gasteiger partial charge on any atom is 0.445 e. The van der Waals surface area contributed by atoms with Crippen molar-refractivity contribution in [2.24, 2.45) is 23.7 Å². The average molecular weight is 401 g/mol. The first-order chi connectivity index (χ1) is 12.7. The van der Waals surface area contributed by atoms with E-state index in [0.717, 1.165) is 11.3 Å². The molecule has 5 atom stereocenters. The smallest absolute Gasteiger partial charge is 0.317 e. The third kappa shape index (κ3) is 2.87. The van der Waals surface area contributed by atoms with Crippen LogP contribution in [-0.4, -0.2) is 39.1 Å². The fourth-order valence-electron chi connectivity index (χ4n) is 4.08. The van der Waals surface area contributed by atoms with Crippen molar-refractivity contribution in [2.75, 3.05) is 5.32 Å². The Morgan fingerprint density at radius 2 is 1.81 bits per heavy atom. The molecule has 0 spiro atoms. The Kier molecular flexibility index (Phi) is 3.98. The Balaban J connectivity index is 1.40. The SMILES string of the molecule is C[C@H](NC(=O)Nc1nnc(C(F)(F)F)s1)N1C(=O)[C@H]2[C@H](C1=O)[C@H]1C=C[C@H]2C1. The standard InChI is InChI=1S/C15H14F3N5O3S/c1-5(19-13(26)20-14-22-21-12(27-14)15(16,17)18)23-10(24)8-6-2-3-7(4-6)9(8)11(23)25/h2-3,5-9H,4H2,1H3,(H2,19,20,22,26)/t5-,6+,7+,8-,9-/m1/s1. The number of hydrogen-bond acceptors (Lipinski definition) is 6. The van der Waals surface area contributed by atoms with Crippen molar-refractivity contribution in [3.8, 4) is 0 Å². The van der Waals surface area contributed by atoms with Crippen LogP contribution < -0.4 is 10.6 Å². The Morgan fingerprint density at radius 1 is 1.22 bits per heavy atom. The highest BCUT2D eigenvalue weighted by Crippen LogP contribution is 2.52. The first-order valence-electron chi connectivity index (χ1n) is 8.20. The second-order valence-corrected chi connectivity index (χ2v) is 7.71. The molecule has 0 aromatic carbocycles. The first-order valence-corrected chi connectivity index (χ1v) is 9.02. The molecule has 27 heavy (non-hydrogen) atoms. The van der Waals surface area contributed by atoms with E-state index < -0.39 is 35.2 Å². The van der Waals surface area contributed by atoms with Gasteiger partial charge in [-0.15, -0.1) is 10.2 Å². The van der Waals surface area contributed by atoms with Crippen LogP contribution >= 0.6 is 11.3 Å². The van der Waals surface area contributed by atoms with Crippen molar-refractivity contribution in [2.45, 2.75) is 25.7 Å². The molecule has 0 unspecified atom stereocenters. The van der Waals surface area contributed by atoms with E-state index in [1.165, 1.54) is 6.92 Å². The minimum Gasteiger partial charge on any atom is -0.317 e. The lowest BCUT2D eigenvalue weighted by atomic mass is 9.85. The average Bonchev–Trinajstić information content (AvgIpc) is 3.30. The predicted octanol–water partition coefficient (Wildman–Crippen LogP) is 1.83. The number of rotatable bonds is 3. The molecule has 3 aliphatic rings. The van der Waals surface area contributed by atoms with Crippen molar-refractivity contribution in [3.05, 3.63) is 17.2 Å². The van der Waals surface area contributed by atoms with E-state index in [1.807, 2.05) is 12.2 Å². The fourth-order valence-corrected chi connectivity index (χ4v) is 4.69. The maximum absolute atomic E-state index is 12.6. The van der Waals surface area contributed by atoms with Gasteiger partial charge in [0.2, 0.25) is 22.0 Å². The number of imide groups is 1. The lowest BCUT2D eigenvalue weighted by Gasteiger charge is -2.25. The van der Waals surface area contributed by atoms with Crippen LogP contribution in [-0.2, 0) is 15.8 Å². The van der Waals surface area contributed by atoms with Gasteiger partial charge in [-0.2, -0.15) is 13.2 Å². The van der Waals surface area contributed by atoms with Gasteiger partial charge in [-0.1, -0.05) is 23.5 Å². The quantitative estimate of drug-likeness (QED) is 0.594.